The molecule has 1 saturated heterocycles. The van der Waals surface area contributed by atoms with E-state index in [0.717, 1.165) is 13.1 Å². The summed E-state index contributed by atoms with van der Waals surface area (Å²) in [5, 5.41) is 3.21. The Morgan fingerprint density at radius 1 is 1.10 bits per heavy atom. The Kier molecular flexibility index (Phi) is 4.08. The highest BCUT2D eigenvalue weighted by molar-refractivity contribution is 6.30. The molecule has 0 aliphatic carbocycles. The van der Waals surface area contributed by atoms with E-state index in [1.807, 2.05) is 0 Å². The summed E-state index contributed by atoms with van der Waals surface area (Å²) in [6.07, 6.45) is -0.407. The van der Waals surface area contributed by atoms with Crippen molar-refractivity contribution in [2.45, 2.75) is 6.10 Å². The van der Waals surface area contributed by atoms with Gasteiger partial charge >= 0.3 is 0 Å². The first-order chi connectivity index (χ1) is 10.1. The van der Waals surface area contributed by atoms with Gasteiger partial charge in [-0.05, 0) is 29.8 Å². The van der Waals surface area contributed by atoms with E-state index in [1.54, 1.807) is 24.3 Å². The minimum atomic E-state index is -0.497. The second-order valence-electron chi connectivity index (χ2n) is 5.06. The number of hydrogen-bond donors (Lipinski definition) is 1. The molecule has 2 aromatic carbocycles. The van der Waals surface area contributed by atoms with Gasteiger partial charge in [-0.15, -0.1) is 0 Å². The van der Waals surface area contributed by atoms with Crippen molar-refractivity contribution < 1.29 is 13.5 Å². The molecule has 0 bridgehead atoms. The van der Waals surface area contributed by atoms with Gasteiger partial charge in [-0.25, -0.2) is 8.78 Å². The quantitative estimate of drug-likeness (QED) is 0.923. The first kappa shape index (κ1) is 14.3. The molecule has 0 amide bonds. The Hall–Kier alpha value is -1.65. The smallest absolute Gasteiger partial charge is 0.165 e. The van der Waals surface area contributed by atoms with Crippen LogP contribution in [0.2, 0.25) is 5.02 Å². The van der Waals surface area contributed by atoms with Gasteiger partial charge in [-0.2, -0.15) is 0 Å². The van der Waals surface area contributed by atoms with E-state index in [2.05, 4.69) is 5.32 Å². The van der Waals surface area contributed by atoms with Crippen molar-refractivity contribution in [3.63, 3.8) is 0 Å². The number of nitrogens with one attached hydrogen (secondary N) is 1. The van der Waals surface area contributed by atoms with Gasteiger partial charge in [0, 0.05) is 19.0 Å². The van der Waals surface area contributed by atoms with E-state index >= 15 is 0 Å². The topological polar surface area (TPSA) is 21.3 Å². The number of hydrogen-bond acceptors (Lipinski definition) is 2. The summed E-state index contributed by atoms with van der Waals surface area (Å²) < 4.78 is 33.2. The van der Waals surface area contributed by atoms with E-state index in [4.69, 9.17) is 16.3 Å². The number of benzene rings is 2. The summed E-state index contributed by atoms with van der Waals surface area (Å²) in [6.45, 7) is 1.51. The molecule has 0 spiro atoms. The third-order valence-corrected chi connectivity index (χ3v) is 3.91. The summed E-state index contributed by atoms with van der Waals surface area (Å²) in [5.74, 6) is -0.581. The standard InChI is InChI=1S/C16H14ClF2NO/c17-12-6-5-10(7-14(12)19)16(11-8-20-9-11)21-15-4-2-1-3-13(15)18/h1-7,11,16,20H,8-9H2/t16-/m0/s1. The van der Waals surface area contributed by atoms with Crippen LogP contribution in [0.25, 0.3) is 0 Å². The van der Waals surface area contributed by atoms with Crippen molar-refractivity contribution in [3.05, 3.63) is 64.7 Å². The van der Waals surface area contributed by atoms with Crippen LogP contribution < -0.4 is 10.1 Å². The fraction of sp³-hybridized carbons (Fsp3) is 0.250. The van der Waals surface area contributed by atoms with Gasteiger partial charge in [0.2, 0.25) is 0 Å². The van der Waals surface area contributed by atoms with E-state index in [1.165, 1.54) is 18.2 Å². The predicted octanol–water partition coefficient (Wildman–Crippen LogP) is 3.96. The van der Waals surface area contributed by atoms with Crippen LogP contribution in [0.4, 0.5) is 8.78 Å². The third-order valence-electron chi connectivity index (χ3n) is 3.60. The summed E-state index contributed by atoms with van der Waals surface area (Å²) in [5.41, 5.74) is 0.659. The van der Waals surface area contributed by atoms with Gasteiger partial charge in [0.1, 0.15) is 11.9 Å². The monoisotopic (exact) mass is 309 g/mol. The second-order valence-corrected chi connectivity index (χ2v) is 5.47. The molecule has 2 nitrogen and oxygen atoms in total. The van der Waals surface area contributed by atoms with Crippen LogP contribution in [0, 0.1) is 17.6 Å². The second kappa shape index (κ2) is 6.00. The van der Waals surface area contributed by atoms with Gasteiger partial charge in [-0.1, -0.05) is 29.8 Å². The maximum atomic E-state index is 13.8. The normalized spacial score (nSPS) is 16.3. The lowest BCUT2D eigenvalue weighted by Crippen LogP contribution is -2.46. The molecule has 0 radical (unpaired) electrons. The van der Waals surface area contributed by atoms with E-state index in [9.17, 15) is 8.78 Å². The van der Waals surface area contributed by atoms with Gasteiger partial charge in [0.15, 0.2) is 11.6 Å². The molecule has 1 N–H and O–H groups in total. The molecule has 1 fully saturated rings. The highest BCUT2D eigenvalue weighted by Crippen LogP contribution is 2.33. The summed E-state index contributed by atoms with van der Waals surface area (Å²) in [7, 11) is 0. The Bertz CT molecular complexity index is 646. The lowest BCUT2D eigenvalue weighted by Gasteiger charge is -2.35. The van der Waals surface area contributed by atoms with E-state index in [0.29, 0.717) is 5.56 Å². The van der Waals surface area contributed by atoms with Gasteiger partial charge < -0.3 is 10.1 Å². The SMILES string of the molecule is Fc1cc([C@H](Oc2ccccc2F)C2CNC2)ccc1Cl. The molecule has 110 valence electrons. The first-order valence-electron chi connectivity index (χ1n) is 6.72. The zero-order chi connectivity index (χ0) is 14.8. The van der Waals surface area contributed by atoms with Crippen LogP contribution in [0.1, 0.15) is 11.7 Å². The molecule has 2 aromatic rings. The van der Waals surface area contributed by atoms with Gasteiger partial charge in [-0.3, -0.25) is 0 Å². The summed E-state index contributed by atoms with van der Waals surface area (Å²) in [6, 6.07) is 10.8. The molecule has 0 saturated carbocycles. The molecule has 3 rings (SSSR count). The van der Waals surface area contributed by atoms with Crippen LogP contribution in [0.15, 0.2) is 42.5 Å². The van der Waals surface area contributed by atoms with Crippen molar-refractivity contribution in [1.29, 1.82) is 0 Å². The predicted molar refractivity (Wildman–Crippen MR) is 77.5 cm³/mol. The Labute approximate surface area is 126 Å². The van der Waals surface area contributed by atoms with Crippen molar-refractivity contribution >= 4 is 11.6 Å². The molecule has 1 heterocycles. The molecule has 0 aromatic heterocycles. The molecule has 0 unspecified atom stereocenters. The zero-order valence-corrected chi connectivity index (χ0v) is 11.9. The summed E-state index contributed by atoms with van der Waals surface area (Å²) >= 11 is 5.71. The minimum absolute atomic E-state index is 0.0649. The zero-order valence-electron chi connectivity index (χ0n) is 11.2. The Balaban J connectivity index is 1.90. The fourth-order valence-electron chi connectivity index (χ4n) is 2.33. The number of ether oxygens (including phenoxy) is 1. The Morgan fingerprint density at radius 3 is 2.48 bits per heavy atom. The van der Waals surface area contributed by atoms with Crippen LogP contribution in [0.5, 0.6) is 5.75 Å². The van der Waals surface area contributed by atoms with E-state index in [-0.39, 0.29) is 16.7 Å². The lowest BCUT2D eigenvalue weighted by atomic mass is 9.90. The molecule has 1 aliphatic rings. The van der Waals surface area contributed by atoms with Crippen molar-refractivity contribution in [3.8, 4) is 5.75 Å². The van der Waals surface area contributed by atoms with Crippen molar-refractivity contribution in [1.82, 2.24) is 5.32 Å². The number of halogens is 3. The lowest BCUT2D eigenvalue weighted by molar-refractivity contribution is 0.0948. The molecule has 21 heavy (non-hydrogen) atoms. The van der Waals surface area contributed by atoms with Gasteiger partial charge in [0.25, 0.3) is 0 Å². The molecule has 1 atom stereocenters. The maximum Gasteiger partial charge on any atom is 0.165 e. The average Bonchev–Trinajstić information content (AvgIpc) is 2.41. The van der Waals surface area contributed by atoms with E-state index < -0.39 is 17.7 Å². The van der Waals surface area contributed by atoms with Crippen molar-refractivity contribution in [2.24, 2.45) is 5.92 Å². The largest absolute Gasteiger partial charge is 0.482 e. The first-order valence-corrected chi connectivity index (χ1v) is 7.10. The molecule has 1 aliphatic heterocycles. The average molecular weight is 310 g/mol. The highest BCUT2D eigenvalue weighted by atomic mass is 35.5. The van der Waals surface area contributed by atoms with Crippen LogP contribution >= 0.6 is 11.6 Å². The fourth-order valence-corrected chi connectivity index (χ4v) is 2.45. The highest BCUT2D eigenvalue weighted by Gasteiger charge is 2.31. The molecular weight excluding hydrogens is 296 g/mol. The maximum absolute atomic E-state index is 13.8. The third kappa shape index (κ3) is 3.01. The van der Waals surface area contributed by atoms with Crippen LogP contribution in [-0.4, -0.2) is 13.1 Å². The number of rotatable bonds is 4. The summed E-state index contributed by atoms with van der Waals surface area (Å²) in [4.78, 5) is 0. The minimum Gasteiger partial charge on any atom is -0.482 e. The van der Waals surface area contributed by atoms with Crippen LogP contribution in [0.3, 0.4) is 0 Å². The van der Waals surface area contributed by atoms with Crippen LogP contribution in [-0.2, 0) is 0 Å². The van der Waals surface area contributed by atoms with Gasteiger partial charge in [0.05, 0.1) is 5.02 Å². The van der Waals surface area contributed by atoms with Crippen molar-refractivity contribution in [2.75, 3.05) is 13.1 Å². The Morgan fingerprint density at radius 2 is 1.86 bits per heavy atom. The molecule has 5 heteroatoms. The molecular formula is C16H14ClF2NO. The number of para-hydroxylation sites is 1.